The van der Waals surface area contributed by atoms with Crippen molar-refractivity contribution in [3.8, 4) is 0 Å². The van der Waals surface area contributed by atoms with E-state index in [0.29, 0.717) is 6.54 Å². The fourth-order valence-corrected chi connectivity index (χ4v) is 3.13. The maximum absolute atomic E-state index is 6.16. The lowest BCUT2D eigenvalue weighted by Gasteiger charge is -2.50. The minimum Gasteiger partial charge on any atom is -0.375 e. The van der Waals surface area contributed by atoms with Gasteiger partial charge >= 0.3 is 0 Å². The Morgan fingerprint density at radius 3 is 2.85 bits per heavy atom. The fraction of sp³-hybridized carbons (Fsp3) is 0.800. The van der Waals surface area contributed by atoms with Crippen LogP contribution in [-0.4, -0.2) is 45.8 Å². The third-order valence-electron chi connectivity index (χ3n) is 4.96. The molecule has 0 amide bonds. The van der Waals surface area contributed by atoms with Crippen LogP contribution < -0.4 is 5.73 Å². The number of rotatable bonds is 5. The van der Waals surface area contributed by atoms with Crippen LogP contribution in [0.3, 0.4) is 0 Å². The van der Waals surface area contributed by atoms with Gasteiger partial charge in [0.25, 0.3) is 0 Å². The quantitative estimate of drug-likeness (QED) is 0.888. The average molecular weight is 280 g/mol. The molecule has 1 saturated heterocycles. The molecule has 2 atom stereocenters. The third kappa shape index (κ3) is 2.90. The summed E-state index contributed by atoms with van der Waals surface area (Å²) >= 11 is 0. The number of hydrogen-bond acceptors (Lipinski definition) is 4. The van der Waals surface area contributed by atoms with E-state index in [1.54, 1.807) is 0 Å². The van der Waals surface area contributed by atoms with Crippen LogP contribution in [-0.2, 0) is 18.3 Å². The fourth-order valence-electron chi connectivity index (χ4n) is 3.13. The van der Waals surface area contributed by atoms with E-state index in [4.69, 9.17) is 10.5 Å². The Bertz CT molecular complexity index is 447. The number of aryl methyl sites for hydroxylation is 1. The van der Waals surface area contributed by atoms with Crippen LogP contribution in [0.2, 0.25) is 0 Å². The first-order valence-electron chi connectivity index (χ1n) is 7.46. The molecule has 0 aliphatic carbocycles. The van der Waals surface area contributed by atoms with E-state index in [1.807, 2.05) is 19.4 Å². The molecule has 5 nitrogen and oxygen atoms in total. The van der Waals surface area contributed by atoms with Gasteiger partial charge in [-0.25, -0.2) is 4.98 Å². The topological polar surface area (TPSA) is 56.3 Å². The van der Waals surface area contributed by atoms with E-state index in [1.165, 1.54) is 0 Å². The van der Waals surface area contributed by atoms with Crippen molar-refractivity contribution in [3.63, 3.8) is 0 Å². The van der Waals surface area contributed by atoms with Crippen LogP contribution >= 0.6 is 0 Å². The number of imidazole rings is 1. The summed E-state index contributed by atoms with van der Waals surface area (Å²) in [6.07, 6.45) is 6.82. The molecule has 1 fully saturated rings. The van der Waals surface area contributed by atoms with Crippen molar-refractivity contribution < 1.29 is 4.74 Å². The zero-order valence-corrected chi connectivity index (χ0v) is 13.2. The number of ether oxygens (including phenoxy) is 1. The van der Waals surface area contributed by atoms with Crippen LogP contribution in [0.25, 0.3) is 0 Å². The van der Waals surface area contributed by atoms with Gasteiger partial charge in [-0.2, -0.15) is 0 Å². The van der Waals surface area contributed by atoms with Crippen LogP contribution in [0.1, 0.15) is 38.9 Å². The van der Waals surface area contributed by atoms with Gasteiger partial charge in [-0.15, -0.1) is 0 Å². The van der Waals surface area contributed by atoms with Crippen LogP contribution in [0.5, 0.6) is 0 Å². The van der Waals surface area contributed by atoms with Crippen molar-refractivity contribution >= 4 is 0 Å². The predicted molar refractivity (Wildman–Crippen MR) is 80.3 cm³/mol. The van der Waals surface area contributed by atoms with E-state index < -0.39 is 0 Å². The molecule has 0 aromatic carbocycles. The molecule has 2 rings (SSSR count). The van der Waals surface area contributed by atoms with Gasteiger partial charge in [0.1, 0.15) is 5.82 Å². The summed E-state index contributed by atoms with van der Waals surface area (Å²) in [4.78, 5) is 6.79. The molecule has 0 spiro atoms. The van der Waals surface area contributed by atoms with Crippen molar-refractivity contribution in [2.24, 2.45) is 12.8 Å². The summed E-state index contributed by atoms with van der Waals surface area (Å²) < 4.78 is 8.05. The highest BCUT2D eigenvalue weighted by Crippen LogP contribution is 2.37. The van der Waals surface area contributed by atoms with Crippen LogP contribution in [0.15, 0.2) is 12.4 Å². The van der Waals surface area contributed by atoms with E-state index in [2.05, 4.69) is 35.3 Å². The first kappa shape index (κ1) is 15.5. The zero-order valence-electron chi connectivity index (χ0n) is 13.2. The maximum atomic E-state index is 6.16. The Labute approximate surface area is 122 Å². The third-order valence-corrected chi connectivity index (χ3v) is 4.96. The molecule has 2 unspecified atom stereocenters. The summed E-state index contributed by atoms with van der Waals surface area (Å²) in [5.74, 6) is 1.07. The average Bonchev–Trinajstić information content (AvgIpc) is 2.84. The Morgan fingerprint density at radius 2 is 2.30 bits per heavy atom. The van der Waals surface area contributed by atoms with Crippen molar-refractivity contribution in [2.45, 2.75) is 50.8 Å². The van der Waals surface area contributed by atoms with Crippen molar-refractivity contribution in [1.29, 1.82) is 0 Å². The van der Waals surface area contributed by atoms with Gasteiger partial charge in [0, 0.05) is 38.1 Å². The Balaban J connectivity index is 2.15. The van der Waals surface area contributed by atoms with Gasteiger partial charge in [0.2, 0.25) is 0 Å². The Morgan fingerprint density at radius 1 is 1.55 bits per heavy atom. The van der Waals surface area contributed by atoms with Crippen LogP contribution in [0, 0.1) is 0 Å². The molecule has 0 radical (unpaired) electrons. The molecule has 1 aliphatic rings. The molecular formula is C15H28N4O. The highest BCUT2D eigenvalue weighted by Gasteiger charge is 2.44. The summed E-state index contributed by atoms with van der Waals surface area (Å²) in [6.45, 7) is 6.65. The van der Waals surface area contributed by atoms with Crippen molar-refractivity contribution in [2.75, 3.05) is 20.2 Å². The smallest absolute Gasteiger partial charge is 0.122 e. The molecule has 20 heavy (non-hydrogen) atoms. The second-order valence-corrected chi connectivity index (χ2v) is 6.32. The van der Waals surface area contributed by atoms with Gasteiger partial charge in [-0.3, -0.25) is 4.90 Å². The lowest BCUT2D eigenvalue weighted by Crippen LogP contribution is -2.59. The summed E-state index contributed by atoms with van der Waals surface area (Å²) in [7, 11) is 4.19. The van der Waals surface area contributed by atoms with Gasteiger partial charge in [-0.05, 0) is 33.2 Å². The minimum atomic E-state index is -0.0620. The highest BCUT2D eigenvalue weighted by atomic mass is 16.5. The van der Waals surface area contributed by atoms with Gasteiger partial charge in [0.15, 0.2) is 0 Å². The molecule has 0 saturated carbocycles. The second-order valence-electron chi connectivity index (χ2n) is 6.32. The first-order chi connectivity index (χ1) is 9.45. The van der Waals surface area contributed by atoms with Crippen molar-refractivity contribution in [3.05, 3.63) is 18.2 Å². The minimum absolute atomic E-state index is 0.00889. The lowest BCUT2D eigenvalue weighted by molar-refractivity contribution is -0.126. The Hall–Kier alpha value is -0.910. The van der Waals surface area contributed by atoms with Gasteiger partial charge in [0.05, 0.1) is 12.1 Å². The molecule has 1 aromatic heterocycles. The maximum Gasteiger partial charge on any atom is 0.122 e. The normalized spacial score (nSPS) is 30.9. The highest BCUT2D eigenvalue weighted by molar-refractivity contribution is 5.02. The molecule has 0 bridgehead atoms. The summed E-state index contributed by atoms with van der Waals surface area (Å²) in [6, 6.07) is 0. The van der Waals surface area contributed by atoms with Gasteiger partial charge < -0.3 is 15.0 Å². The van der Waals surface area contributed by atoms with Gasteiger partial charge in [-0.1, -0.05) is 6.92 Å². The molecule has 2 N–H and O–H groups in total. The molecule has 1 aliphatic heterocycles. The molecular weight excluding hydrogens is 252 g/mol. The zero-order chi connectivity index (χ0) is 14.8. The monoisotopic (exact) mass is 280 g/mol. The van der Waals surface area contributed by atoms with E-state index >= 15 is 0 Å². The Kier molecular flexibility index (Phi) is 4.52. The molecule has 1 aromatic rings. The van der Waals surface area contributed by atoms with E-state index in [9.17, 15) is 0 Å². The van der Waals surface area contributed by atoms with E-state index in [-0.39, 0.29) is 11.1 Å². The largest absolute Gasteiger partial charge is 0.375 e. The summed E-state index contributed by atoms with van der Waals surface area (Å²) in [5.41, 5.74) is 6.10. The molecule has 5 heteroatoms. The van der Waals surface area contributed by atoms with E-state index in [0.717, 1.165) is 38.2 Å². The lowest BCUT2D eigenvalue weighted by atomic mass is 9.78. The predicted octanol–water partition coefficient (Wildman–Crippen LogP) is 1.53. The number of nitrogens with two attached hydrogens (primary N) is 1. The standard InChI is InChI=1S/C15H28N4O/c1-5-14(2)11-15(12-16,6-9-20-14)19(4)10-13-17-7-8-18(13)3/h7-8H,5-6,9-12,16H2,1-4H3. The van der Waals surface area contributed by atoms with Crippen LogP contribution in [0.4, 0.5) is 0 Å². The number of likely N-dealkylation sites (N-methyl/N-ethyl adjacent to an activating group) is 1. The molecule has 114 valence electrons. The van der Waals surface area contributed by atoms with Crippen molar-refractivity contribution in [1.82, 2.24) is 14.5 Å². The number of aromatic nitrogens is 2. The number of nitrogens with zero attached hydrogens (tertiary/aromatic N) is 3. The summed E-state index contributed by atoms with van der Waals surface area (Å²) in [5, 5.41) is 0. The molecule has 2 heterocycles. The number of hydrogen-bond donors (Lipinski definition) is 1. The SMILES string of the molecule is CCC1(C)CC(CN)(N(C)Cc2nccn2C)CCO1. The first-order valence-corrected chi connectivity index (χ1v) is 7.46. The second kappa shape index (κ2) is 5.84.